The van der Waals surface area contributed by atoms with Crippen LogP contribution in [0.5, 0.6) is 11.5 Å². The number of phenolic OH excluding ortho intramolecular Hbond substituents is 1. The number of rotatable bonds is 2. The number of benzene rings is 2. The first-order chi connectivity index (χ1) is 16.6. The van der Waals surface area contributed by atoms with Gasteiger partial charge in [-0.1, -0.05) is 42.5 Å². The number of nitrogens with zero attached hydrogens (tertiary/aromatic N) is 3. The fraction of sp³-hybridized carbons (Fsp3) is 0.0833. The molecule has 0 radical (unpaired) electrons. The van der Waals surface area contributed by atoms with Gasteiger partial charge in [0.15, 0.2) is 11.5 Å². The first-order valence-electron chi connectivity index (χ1n) is 10.1. The summed E-state index contributed by atoms with van der Waals surface area (Å²) in [5.41, 5.74) is 12.3. The summed E-state index contributed by atoms with van der Waals surface area (Å²) >= 11 is 1.29. The highest BCUT2D eigenvalue weighted by molar-refractivity contribution is 7.17. The normalized spacial score (nSPS) is 10.1. The molecule has 4 aromatic rings. The molecule has 0 aliphatic rings. The molecule has 0 aliphatic heterocycles. The highest BCUT2D eigenvalue weighted by Gasteiger charge is 2.17. The molecule has 0 unspecified atom stereocenters. The minimum atomic E-state index is -0.596. The largest absolute Gasteiger partial charge is 0.507 e. The number of aromatic amines is 1. The summed E-state index contributed by atoms with van der Waals surface area (Å²) in [6.45, 7) is 0. The molecule has 0 saturated carbocycles. The van der Waals surface area contributed by atoms with Gasteiger partial charge in [0.1, 0.15) is 22.4 Å². The molecule has 0 saturated heterocycles. The third-order valence-electron chi connectivity index (χ3n) is 4.90. The number of nitrogens with one attached hydrogen (secondary N) is 2. The molecule has 0 spiro atoms. The van der Waals surface area contributed by atoms with Crippen molar-refractivity contribution in [1.82, 2.24) is 9.88 Å². The lowest BCUT2D eigenvalue weighted by atomic mass is 9.99. The van der Waals surface area contributed by atoms with Gasteiger partial charge in [0, 0.05) is 30.6 Å². The van der Waals surface area contributed by atoms with E-state index in [2.05, 4.69) is 9.98 Å². The topological polar surface area (TPSA) is 189 Å². The van der Waals surface area contributed by atoms with Crippen LogP contribution < -0.4 is 17.0 Å². The first-order valence-corrected chi connectivity index (χ1v) is 11.0. The Bertz CT molecular complexity index is 1510. The van der Waals surface area contributed by atoms with Crippen molar-refractivity contribution in [3.63, 3.8) is 0 Å². The number of para-hydroxylation sites is 1. The quantitative estimate of drug-likeness (QED) is 0.184. The Hall–Kier alpha value is -4.82. The summed E-state index contributed by atoms with van der Waals surface area (Å²) in [5, 5.41) is 38.8. The van der Waals surface area contributed by atoms with E-state index in [1.54, 1.807) is 32.3 Å². The Balaban J connectivity index is 0.000000327. The summed E-state index contributed by atoms with van der Waals surface area (Å²) in [5.74, 6) is -0.133. The number of fused-ring (bicyclic) bond motifs is 1. The number of nitriles is 1. The Labute approximate surface area is 204 Å². The molecule has 35 heavy (non-hydrogen) atoms. The van der Waals surface area contributed by atoms with Gasteiger partial charge in [0.05, 0.1) is 5.39 Å². The molecule has 0 atom stereocenters. The molecule has 2 aromatic heterocycles. The van der Waals surface area contributed by atoms with Crippen LogP contribution >= 0.6 is 11.3 Å². The van der Waals surface area contributed by atoms with Crippen molar-refractivity contribution in [2.75, 3.05) is 14.1 Å². The SMILES string of the molecule is CN(C)C(=N)N=C(N)N.N#Cc1c(O)c2c(-c3ccc(-c4ccccc4O)cc3)csc2[nH]c1=O. The number of H-pyrrole nitrogens is 1. The van der Waals surface area contributed by atoms with Gasteiger partial charge < -0.3 is 31.6 Å². The Morgan fingerprint density at radius 1 is 1.09 bits per heavy atom. The van der Waals surface area contributed by atoms with Gasteiger partial charge in [-0.2, -0.15) is 10.3 Å². The predicted octanol–water partition coefficient (Wildman–Crippen LogP) is 2.96. The molecule has 0 amide bonds. The van der Waals surface area contributed by atoms with Gasteiger partial charge in [-0.05, 0) is 17.2 Å². The van der Waals surface area contributed by atoms with Gasteiger partial charge in [0.2, 0.25) is 5.96 Å². The lowest BCUT2D eigenvalue weighted by molar-refractivity contribution is 0.477. The number of nitrogens with two attached hydrogens (primary N) is 2. The minimum Gasteiger partial charge on any atom is -0.507 e. The molecule has 178 valence electrons. The second-order valence-corrected chi connectivity index (χ2v) is 8.37. The average molecular weight is 490 g/mol. The Morgan fingerprint density at radius 3 is 2.20 bits per heavy atom. The van der Waals surface area contributed by atoms with Gasteiger partial charge >= 0.3 is 0 Å². The van der Waals surface area contributed by atoms with Crippen LogP contribution in [0.25, 0.3) is 32.5 Å². The minimum absolute atomic E-state index is 0.0509. The fourth-order valence-corrected chi connectivity index (χ4v) is 4.13. The molecule has 4 rings (SSSR count). The zero-order valence-electron chi connectivity index (χ0n) is 18.9. The molecule has 0 bridgehead atoms. The van der Waals surface area contributed by atoms with E-state index in [1.807, 2.05) is 41.8 Å². The predicted molar refractivity (Wildman–Crippen MR) is 139 cm³/mol. The highest BCUT2D eigenvalue weighted by Crippen LogP contribution is 2.39. The van der Waals surface area contributed by atoms with E-state index in [1.165, 1.54) is 16.2 Å². The molecular weight excluding hydrogens is 466 g/mol. The third kappa shape index (κ3) is 5.40. The maximum absolute atomic E-state index is 11.8. The smallest absolute Gasteiger partial charge is 0.270 e. The van der Waals surface area contributed by atoms with E-state index in [0.29, 0.717) is 10.2 Å². The zero-order valence-corrected chi connectivity index (χ0v) is 19.7. The van der Waals surface area contributed by atoms with Crippen LogP contribution in [0, 0.1) is 16.7 Å². The van der Waals surface area contributed by atoms with Crippen LogP contribution in [-0.4, -0.2) is 46.1 Å². The van der Waals surface area contributed by atoms with Crippen molar-refractivity contribution in [2.24, 2.45) is 16.5 Å². The van der Waals surface area contributed by atoms with Crippen molar-refractivity contribution in [1.29, 1.82) is 10.7 Å². The molecule has 10 nitrogen and oxygen atoms in total. The maximum Gasteiger partial charge on any atom is 0.270 e. The second-order valence-electron chi connectivity index (χ2n) is 7.49. The summed E-state index contributed by atoms with van der Waals surface area (Å²) in [6, 6.07) is 16.3. The molecule has 2 aromatic carbocycles. The number of aliphatic imine (C=N–C) groups is 1. The van der Waals surface area contributed by atoms with Crippen LogP contribution in [0.3, 0.4) is 0 Å². The van der Waals surface area contributed by atoms with E-state index in [9.17, 15) is 15.0 Å². The lowest BCUT2D eigenvalue weighted by Gasteiger charge is -2.07. The van der Waals surface area contributed by atoms with Crippen molar-refractivity contribution in [2.45, 2.75) is 0 Å². The van der Waals surface area contributed by atoms with Gasteiger partial charge in [-0.25, -0.2) is 0 Å². The van der Waals surface area contributed by atoms with Crippen LogP contribution in [0.15, 0.2) is 63.7 Å². The van der Waals surface area contributed by atoms with Crippen LogP contribution in [-0.2, 0) is 0 Å². The van der Waals surface area contributed by atoms with Crippen LogP contribution in [0.1, 0.15) is 5.56 Å². The van der Waals surface area contributed by atoms with Crippen molar-refractivity contribution >= 4 is 33.5 Å². The third-order valence-corrected chi connectivity index (χ3v) is 5.80. The molecule has 11 heteroatoms. The van der Waals surface area contributed by atoms with E-state index >= 15 is 0 Å². The van der Waals surface area contributed by atoms with Crippen molar-refractivity contribution < 1.29 is 10.2 Å². The number of hydrogen-bond acceptors (Lipinski definition) is 6. The highest BCUT2D eigenvalue weighted by atomic mass is 32.1. The first kappa shape index (κ1) is 24.8. The molecule has 0 fully saturated rings. The Kier molecular flexibility index (Phi) is 7.38. The summed E-state index contributed by atoms with van der Waals surface area (Å²) in [7, 11) is 3.38. The summed E-state index contributed by atoms with van der Waals surface area (Å²) < 4.78 is 0. The van der Waals surface area contributed by atoms with Crippen LogP contribution in [0.2, 0.25) is 0 Å². The number of aromatic hydroxyl groups is 2. The maximum atomic E-state index is 11.8. The van der Waals surface area contributed by atoms with E-state index < -0.39 is 5.56 Å². The number of thiophene rings is 1. The average Bonchev–Trinajstić information content (AvgIpc) is 3.24. The van der Waals surface area contributed by atoms with E-state index in [-0.39, 0.29) is 29.0 Å². The number of pyridine rings is 1. The van der Waals surface area contributed by atoms with Gasteiger partial charge in [-0.3, -0.25) is 10.2 Å². The van der Waals surface area contributed by atoms with Gasteiger partial charge in [-0.15, -0.1) is 11.3 Å². The Morgan fingerprint density at radius 2 is 1.69 bits per heavy atom. The standard InChI is InChI=1S/C20H12N2O3S.C4H11N5/c21-9-14-18(24)17-15(10-26-20(17)22-19(14)25)12-7-5-11(6-8-12)13-3-1-2-4-16(13)23;1-9(2)4(7)8-3(5)6/h1-8,10,23H,(H2,22,24,25);1-2H3,(H5,5,6,7,8). The zero-order chi connectivity index (χ0) is 25.7. The van der Waals surface area contributed by atoms with Crippen molar-refractivity contribution in [3.05, 3.63) is 69.8 Å². The number of phenols is 1. The molecule has 0 aliphatic carbocycles. The number of guanidine groups is 2. The van der Waals surface area contributed by atoms with Crippen LogP contribution in [0.4, 0.5) is 0 Å². The molecule has 8 N–H and O–H groups in total. The van der Waals surface area contributed by atoms with E-state index in [0.717, 1.165) is 22.3 Å². The number of aromatic nitrogens is 1. The second kappa shape index (κ2) is 10.4. The molecule has 2 heterocycles. The summed E-state index contributed by atoms with van der Waals surface area (Å²) in [4.78, 5) is 19.9. The fourth-order valence-electron chi connectivity index (χ4n) is 3.17. The van der Waals surface area contributed by atoms with Gasteiger partial charge in [0.25, 0.3) is 5.56 Å². The molecular formula is C24H23N7O3S. The summed E-state index contributed by atoms with van der Waals surface area (Å²) in [6.07, 6.45) is 0. The monoisotopic (exact) mass is 489 g/mol. The van der Waals surface area contributed by atoms with Crippen molar-refractivity contribution in [3.8, 4) is 39.8 Å². The number of hydrogen-bond donors (Lipinski definition) is 6. The lowest BCUT2D eigenvalue weighted by Crippen LogP contribution is -2.28. The van der Waals surface area contributed by atoms with E-state index in [4.69, 9.17) is 22.1 Å².